The summed E-state index contributed by atoms with van der Waals surface area (Å²) in [5.41, 5.74) is 1.04. The van der Waals surface area contributed by atoms with E-state index in [4.69, 9.17) is 4.74 Å². The van der Waals surface area contributed by atoms with Gasteiger partial charge in [-0.25, -0.2) is 0 Å². The van der Waals surface area contributed by atoms with Gasteiger partial charge in [0.05, 0.1) is 6.61 Å². The molecule has 1 aromatic carbocycles. The summed E-state index contributed by atoms with van der Waals surface area (Å²) in [4.78, 5) is 11.8. The van der Waals surface area contributed by atoms with Crippen molar-refractivity contribution in [3.8, 4) is 0 Å². The van der Waals surface area contributed by atoms with Crippen LogP contribution in [0.4, 0.5) is 5.13 Å². The Morgan fingerprint density at radius 1 is 1.37 bits per heavy atom. The molecule has 0 fully saturated rings. The zero-order chi connectivity index (χ0) is 13.7. The molecular formula is C13H15N3O2S. The molecule has 0 bridgehead atoms. The van der Waals surface area contributed by atoms with Crippen LogP contribution in [-0.2, 0) is 16.1 Å². The zero-order valence-corrected chi connectivity index (χ0v) is 11.6. The summed E-state index contributed by atoms with van der Waals surface area (Å²) in [7, 11) is 0. The number of benzene rings is 1. The molecule has 1 aromatic heterocycles. The van der Waals surface area contributed by atoms with Crippen molar-refractivity contribution in [2.24, 2.45) is 0 Å². The van der Waals surface area contributed by atoms with E-state index < -0.39 is 6.10 Å². The Labute approximate surface area is 115 Å². The molecule has 1 amide bonds. The van der Waals surface area contributed by atoms with E-state index in [0.29, 0.717) is 11.7 Å². The van der Waals surface area contributed by atoms with Crippen molar-refractivity contribution >= 4 is 22.4 Å². The summed E-state index contributed by atoms with van der Waals surface area (Å²) in [6.45, 7) is 3.96. The normalized spacial score (nSPS) is 12.1. The lowest BCUT2D eigenvalue weighted by molar-refractivity contribution is -0.127. The molecule has 6 heteroatoms. The summed E-state index contributed by atoms with van der Waals surface area (Å²) in [5.74, 6) is -0.216. The maximum atomic E-state index is 11.8. The predicted molar refractivity (Wildman–Crippen MR) is 74.0 cm³/mol. The molecule has 1 heterocycles. The van der Waals surface area contributed by atoms with Crippen molar-refractivity contribution in [2.75, 3.05) is 5.32 Å². The Balaban J connectivity index is 1.82. The number of aryl methyl sites for hydroxylation is 1. The first-order valence-corrected chi connectivity index (χ1v) is 6.73. The first kappa shape index (κ1) is 13.6. The number of amides is 1. The van der Waals surface area contributed by atoms with Gasteiger partial charge < -0.3 is 4.74 Å². The van der Waals surface area contributed by atoms with Gasteiger partial charge in [0.15, 0.2) is 0 Å². The molecule has 100 valence electrons. The molecule has 0 aliphatic carbocycles. The highest BCUT2D eigenvalue weighted by molar-refractivity contribution is 7.15. The van der Waals surface area contributed by atoms with Crippen LogP contribution in [0.25, 0.3) is 0 Å². The van der Waals surface area contributed by atoms with Crippen LogP contribution in [0.15, 0.2) is 30.3 Å². The van der Waals surface area contributed by atoms with Crippen LogP contribution in [0.5, 0.6) is 0 Å². The summed E-state index contributed by atoms with van der Waals surface area (Å²) in [6, 6.07) is 9.73. The Hall–Kier alpha value is -1.79. The highest BCUT2D eigenvalue weighted by Crippen LogP contribution is 2.14. The maximum Gasteiger partial charge on any atom is 0.255 e. The number of anilines is 1. The lowest BCUT2D eigenvalue weighted by Crippen LogP contribution is -2.27. The number of carbonyl (C=O) groups is 1. The van der Waals surface area contributed by atoms with Gasteiger partial charge in [0.1, 0.15) is 11.1 Å². The second-order valence-corrected chi connectivity index (χ2v) is 5.24. The van der Waals surface area contributed by atoms with Crippen LogP contribution in [-0.4, -0.2) is 22.2 Å². The second kappa shape index (κ2) is 6.40. The average molecular weight is 277 g/mol. The predicted octanol–water partition coefficient (Wildman–Crippen LogP) is 2.39. The monoisotopic (exact) mass is 277 g/mol. The van der Waals surface area contributed by atoms with E-state index in [9.17, 15) is 4.79 Å². The van der Waals surface area contributed by atoms with Crippen molar-refractivity contribution in [1.29, 1.82) is 0 Å². The van der Waals surface area contributed by atoms with Gasteiger partial charge in [-0.1, -0.05) is 41.7 Å². The fourth-order valence-electron chi connectivity index (χ4n) is 1.43. The second-order valence-electron chi connectivity index (χ2n) is 4.05. The number of nitrogens with zero attached hydrogens (tertiary/aromatic N) is 2. The molecule has 2 aromatic rings. The van der Waals surface area contributed by atoms with E-state index in [0.717, 1.165) is 10.6 Å². The number of hydrogen-bond donors (Lipinski definition) is 1. The summed E-state index contributed by atoms with van der Waals surface area (Å²) >= 11 is 1.34. The molecule has 0 aliphatic rings. The molecule has 19 heavy (non-hydrogen) atoms. The Bertz CT molecular complexity index is 542. The molecule has 1 unspecified atom stereocenters. The molecule has 0 radical (unpaired) electrons. The number of rotatable bonds is 5. The van der Waals surface area contributed by atoms with Crippen molar-refractivity contribution < 1.29 is 9.53 Å². The van der Waals surface area contributed by atoms with Crippen LogP contribution in [0.2, 0.25) is 0 Å². The van der Waals surface area contributed by atoms with E-state index in [1.807, 2.05) is 37.3 Å². The van der Waals surface area contributed by atoms with Gasteiger partial charge in [-0.3, -0.25) is 10.1 Å². The quantitative estimate of drug-likeness (QED) is 0.911. The Morgan fingerprint density at radius 2 is 2.11 bits per heavy atom. The highest BCUT2D eigenvalue weighted by Gasteiger charge is 2.15. The minimum absolute atomic E-state index is 0.216. The summed E-state index contributed by atoms with van der Waals surface area (Å²) < 4.78 is 5.51. The number of nitrogens with one attached hydrogen (secondary N) is 1. The molecule has 2 rings (SSSR count). The van der Waals surface area contributed by atoms with Crippen LogP contribution >= 0.6 is 11.3 Å². The van der Waals surface area contributed by atoms with Crippen LogP contribution < -0.4 is 5.32 Å². The van der Waals surface area contributed by atoms with E-state index in [-0.39, 0.29) is 5.91 Å². The van der Waals surface area contributed by atoms with Crippen LogP contribution in [0.1, 0.15) is 17.5 Å². The Kier molecular flexibility index (Phi) is 4.59. The smallest absolute Gasteiger partial charge is 0.255 e. The van der Waals surface area contributed by atoms with E-state index in [1.54, 1.807) is 6.92 Å². The molecule has 0 saturated carbocycles. The van der Waals surface area contributed by atoms with Gasteiger partial charge in [0.25, 0.3) is 5.91 Å². The number of hydrogen-bond acceptors (Lipinski definition) is 5. The van der Waals surface area contributed by atoms with E-state index in [2.05, 4.69) is 15.5 Å². The molecule has 0 aliphatic heterocycles. The standard InChI is InChI=1S/C13H15N3O2S/c1-9(18-8-11-6-4-3-5-7-11)12(17)14-13-16-15-10(2)19-13/h3-7,9H,8H2,1-2H3,(H,14,16,17). The van der Waals surface area contributed by atoms with Gasteiger partial charge >= 0.3 is 0 Å². The first-order valence-electron chi connectivity index (χ1n) is 5.91. The molecular weight excluding hydrogens is 262 g/mol. The molecule has 0 saturated heterocycles. The summed E-state index contributed by atoms with van der Waals surface area (Å²) in [6.07, 6.45) is -0.538. The van der Waals surface area contributed by atoms with E-state index in [1.165, 1.54) is 11.3 Å². The lowest BCUT2D eigenvalue weighted by atomic mass is 10.2. The fraction of sp³-hybridized carbons (Fsp3) is 0.308. The molecule has 0 spiro atoms. The Morgan fingerprint density at radius 3 is 2.74 bits per heavy atom. The third-order valence-electron chi connectivity index (χ3n) is 2.47. The lowest BCUT2D eigenvalue weighted by Gasteiger charge is -2.11. The highest BCUT2D eigenvalue weighted by atomic mass is 32.1. The van der Waals surface area contributed by atoms with E-state index >= 15 is 0 Å². The number of carbonyl (C=O) groups excluding carboxylic acids is 1. The SMILES string of the molecule is Cc1nnc(NC(=O)C(C)OCc2ccccc2)s1. The van der Waals surface area contributed by atoms with Gasteiger partial charge in [0.2, 0.25) is 5.13 Å². The number of aromatic nitrogens is 2. The van der Waals surface area contributed by atoms with Crippen molar-refractivity contribution in [3.05, 3.63) is 40.9 Å². The van der Waals surface area contributed by atoms with Gasteiger partial charge in [0, 0.05) is 0 Å². The van der Waals surface area contributed by atoms with Gasteiger partial charge in [-0.15, -0.1) is 10.2 Å². The van der Waals surface area contributed by atoms with Crippen molar-refractivity contribution in [3.63, 3.8) is 0 Å². The summed E-state index contributed by atoms with van der Waals surface area (Å²) in [5, 5.41) is 11.7. The maximum absolute atomic E-state index is 11.8. The minimum atomic E-state index is -0.538. The topological polar surface area (TPSA) is 64.1 Å². The molecule has 1 atom stereocenters. The third kappa shape index (κ3) is 4.11. The van der Waals surface area contributed by atoms with Crippen molar-refractivity contribution in [2.45, 2.75) is 26.6 Å². The molecule has 5 nitrogen and oxygen atoms in total. The minimum Gasteiger partial charge on any atom is -0.364 e. The fourth-order valence-corrected chi connectivity index (χ4v) is 2.02. The van der Waals surface area contributed by atoms with Crippen LogP contribution in [0.3, 0.4) is 0 Å². The number of ether oxygens (including phenoxy) is 1. The zero-order valence-electron chi connectivity index (χ0n) is 10.8. The third-order valence-corrected chi connectivity index (χ3v) is 3.22. The average Bonchev–Trinajstić information content (AvgIpc) is 2.82. The first-order chi connectivity index (χ1) is 9.15. The largest absolute Gasteiger partial charge is 0.364 e. The van der Waals surface area contributed by atoms with Gasteiger partial charge in [-0.05, 0) is 19.4 Å². The molecule has 1 N–H and O–H groups in total. The van der Waals surface area contributed by atoms with Crippen molar-refractivity contribution in [1.82, 2.24) is 10.2 Å². The van der Waals surface area contributed by atoms with Crippen LogP contribution in [0, 0.1) is 6.92 Å². The van der Waals surface area contributed by atoms with Gasteiger partial charge in [-0.2, -0.15) is 0 Å².